The van der Waals surface area contributed by atoms with E-state index in [9.17, 15) is 10.1 Å². The lowest BCUT2D eigenvalue weighted by Crippen LogP contribution is -2.46. The molecular weight excluding hydrogens is 314 g/mol. The van der Waals surface area contributed by atoms with Crippen molar-refractivity contribution in [2.45, 2.75) is 12.6 Å². The summed E-state index contributed by atoms with van der Waals surface area (Å²) in [4.78, 5) is 15.0. The van der Waals surface area contributed by atoms with E-state index in [1.165, 1.54) is 0 Å². The van der Waals surface area contributed by atoms with Crippen LogP contribution in [0, 0.1) is 10.1 Å². The molecule has 1 atom stereocenters. The van der Waals surface area contributed by atoms with E-state index in [2.05, 4.69) is 16.8 Å². The lowest BCUT2D eigenvalue weighted by molar-refractivity contribution is -0.384. The van der Waals surface area contributed by atoms with Gasteiger partial charge in [-0.05, 0) is 55.4 Å². The van der Waals surface area contributed by atoms with Crippen LogP contribution in [0.4, 0.5) is 11.4 Å². The molecule has 1 heterocycles. The summed E-state index contributed by atoms with van der Waals surface area (Å²) in [6.07, 6.45) is 1.13. The standard InChI is InChI=1S/C17H18ClN3O2/c1-19-11-2-12-20(15-9-5-14(18)6-10-15)17(19)13-3-7-16(8-4-13)21(22)23/h3-10,17H,2,11-12H2,1H3. The Labute approximate surface area is 140 Å². The smallest absolute Gasteiger partial charge is 0.269 e. The highest BCUT2D eigenvalue weighted by Crippen LogP contribution is 2.33. The van der Waals surface area contributed by atoms with Crippen LogP contribution in [-0.4, -0.2) is 30.0 Å². The van der Waals surface area contributed by atoms with Gasteiger partial charge < -0.3 is 4.90 Å². The number of non-ortho nitro benzene ring substituents is 1. The van der Waals surface area contributed by atoms with Crippen molar-refractivity contribution in [3.8, 4) is 0 Å². The Morgan fingerprint density at radius 2 is 1.74 bits per heavy atom. The van der Waals surface area contributed by atoms with Crippen LogP contribution in [0.5, 0.6) is 0 Å². The van der Waals surface area contributed by atoms with E-state index in [1.807, 2.05) is 36.4 Å². The zero-order chi connectivity index (χ0) is 16.4. The van der Waals surface area contributed by atoms with Crippen LogP contribution in [-0.2, 0) is 0 Å². The minimum absolute atomic E-state index is 0.0609. The van der Waals surface area contributed by atoms with Crippen LogP contribution in [0.3, 0.4) is 0 Å². The maximum atomic E-state index is 10.8. The summed E-state index contributed by atoms with van der Waals surface area (Å²) < 4.78 is 0. The van der Waals surface area contributed by atoms with Gasteiger partial charge in [-0.2, -0.15) is 0 Å². The van der Waals surface area contributed by atoms with E-state index < -0.39 is 0 Å². The number of nitrogens with zero attached hydrogens (tertiary/aromatic N) is 3. The Balaban J connectivity index is 1.94. The van der Waals surface area contributed by atoms with Crippen LogP contribution >= 0.6 is 11.6 Å². The Bertz CT molecular complexity index is 688. The molecule has 0 spiro atoms. The molecule has 23 heavy (non-hydrogen) atoms. The van der Waals surface area contributed by atoms with Crippen molar-refractivity contribution in [3.05, 3.63) is 69.2 Å². The van der Waals surface area contributed by atoms with Gasteiger partial charge >= 0.3 is 0 Å². The third kappa shape index (κ3) is 3.30. The van der Waals surface area contributed by atoms with Gasteiger partial charge in [0.25, 0.3) is 5.69 Å². The lowest BCUT2D eigenvalue weighted by Gasteiger charge is -2.43. The largest absolute Gasteiger partial charge is 0.352 e. The number of benzene rings is 2. The number of hydrogen-bond acceptors (Lipinski definition) is 4. The van der Waals surface area contributed by atoms with Crippen molar-refractivity contribution >= 4 is 23.0 Å². The summed E-state index contributed by atoms with van der Waals surface area (Å²) in [5.74, 6) is 0. The van der Waals surface area contributed by atoms with Crippen molar-refractivity contribution in [2.24, 2.45) is 0 Å². The molecule has 0 saturated carbocycles. The summed E-state index contributed by atoms with van der Waals surface area (Å²) in [5, 5.41) is 11.6. The summed E-state index contributed by atoms with van der Waals surface area (Å²) in [6, 6.07) is 14.6. The van der Waals surface area contributed by atoms with Crippen LogP contribution in [0.25, 0.3) is 0 Å². The fraction of sp³-hybridized carbons (Fsp3) is 0.294. The molecule has 2 aromatic carbocycles. The number of nitro benzene ring substituents is 1. The van der Waals surface area contributed by atoms with Crippen LogP contribution < -0.4 is 4.90 Å². The van der Waals surface area contributed by atoms with Gasteiger partial charge in [0.15, 0.2) is 0 Å². The molecule has 0 N–H and O–H groups in total. The lowest BCUT2D eigenvalue weighted by atomic mass is 10.1. The number of anilines is 1. The molecule has 3 rings (SSSR count). The maximum Gasteiger partial charge on any atom is 0.269 e. The van der Waals surface area contributed by atoms with E-state index in [-0.39, 0.29) is 16.8 Å². The molecule has 1 unspecified atom stereocenters. The van der Waals surface area contributed by atoms with Crippen LogP contribution in [0.2, 0.25) is 5.02 Å². The quantitative estimate of drug-likeness (QED) is 0.628. The minimum atomic E-state index is -0.370. The topological polar surface area (TPSA) is 49.6 Å². The fourth-order valence-corrected chi connectivity index (χ4v) is 3.20. The van der Waals surface area contributed by atoms with Gasteiger partial charge in [-0.1, -0.05) is 11.6 Å². The summed E-state index contributed by atoms with van der Waals surface area (Å²) in [5.41, 5.74) is 2.27. The molecule has 1 saturated heterocycles. The highest BCUT2D eigenvalue weighted by atomic mass is 35.5. The molecule has 120 valence electrons. The first-order valence-corrected chi connectivity index (χ1v) is 7.91. The fourth-order valence-electron chi connectivity index (χ4n) is 3.08. The van der Waals surface area contributed by atoms with Crippen LogP contribution in [0.15, 0.2) is 48.5 Å². The molecule has 1 aliphatic rings. The van der Waals surface area contributed by atoms with Crippen molar-refractivity contribution < 1.29 is 4.92 Å². The zero-order valence-corrected chi connectivity index (χ0v) is 13.6. The molecule has 1 fully saturated rings. The molecule has 6 heteroatoms. The highest BCUT2D eigenvalue weighted by molar-refractivity contribution is 6.30. The first-order chi connectivity index (χ1) is 11.1. The van der Waals surface area contributed by atoms with Crippen molar-refractivity contribution in [1.82, 2.24) is 4.90 Å². The van der Waals surface area contributed by atoms with E-state index in [0.717, 1.165) is 30.8 Å². The highest BCUT2D eigenvalue weighted by Gasteiger charge is 2.28. The van der Waals surface area contributed by atoms with Gasteiger partial charge in [0.1, 0.15) is 6.17 Å². The van der Waals surface area contributed by atoms with Gasteiger partial charge in [-0.3, -0.25) is 15.0 Å². The predicted molar refractivity (Wildman–Crippen MR) is 91.9 cm³/mol. The molecule has 2 aromatic rings. The molecular formula is C17H18ClN3O2. The second kappa shape index (κ2) is 6.56. The zero-order valence-electron chi connectivity index (χ0n) is 12.9. The minimum Gasteiger partial charge on any atom is -0.352 e. The summed E-state index contributed by atoms with van der Waals surface area (Å²) >= 11 is 5.99. The molecule has 0 bridgehead atoms. The molecule has 0 aromatic heterocycles. The predicted octanol–water partition coefficient (Wildman–Crippen LogP) is 4.09. The first kappa shape index (κ1) is 15.8. The number of halogens is 1. The summed E-state index contributed by atoms with van der Waals surface area (Å²) in [7, 11) is 2.08. The third-order valence-electron chi connectivity index (χ3n) is 4.18. The van der Waals surface area contributed by atoms with Crippen molar-refractivity contribution in [2.75, 3.05) is 25.0 Å². The maximum absolute atomic E-state index is 10.8. The van der Waals surface area contributed by atoms with Gasteiger partial charge in [0.2, 0.25) is 0 Å². The van der Waals surface area contributed by atoms with E-state index in [0.29, 0.717) is 5.02 Å². The Morgan fingerprint density at radius 1 is 1.09 bits per heavy atom. The van der Waals surface area contributed by atoms with Gasteiger partial charge in [0.05, 0.1) is 4.92 Å². The van der Waals surface area contributed by atoms with Crippen molar-refractivity contribution in [3.63, 3.8) is 0 Å². The average molecular weight is 332 g/mol. The Hall–Kier alpha value is -2.11. The van der Waals surface area contributed by atoms with Gasteiger partial charge in [-0.15, -0.1) is 0 Å². The molecule has 0 amide bonds. The van der Waals surface area contributed by atoms with Gasteiger partial charge in [-0.25, -0.2) is 0 Å². The molecule has 5 nitrogen and oxygen atoms in total. The average Bonchev–Trinajstić information content (AvgIpc) is 2.55. The van der Waals surface area contributed by atoms with E-state index in [1.54, 1.807) is 12.1 Å². The number of nitro groups is 1. The SMILES string of the molecule is CN1CCCN(c2ccc(Cl)cc2)C1c1ccc([N+](=O)[O-])cc1. The van der Waals surface area contributed by atoms with E-state index >= 15 is 0 Å². The second-order valence-electron chi connectivity index (χ2n) is 5.73. The summed E-state index contributed by atoms with van der Waals surface area (Å²) in [6.45, 7) is 1.93. The Kier molecular flexibility index (Phi) is 4.50. The first-order valence-electron chi connectivity index (χ1n) is 7.53. The molecule has 0 aliphatic carbocycles. The van der Waals surface area contributed by atoms with Crippen molar-refractivity contribution in [1.29, 1.82) is 0 Å². The third-order valence-corrected chi connectivity index (χ3v) is 4.43. The number of hydrogen-bond donors (Lipinski definition) is 0. The second-order valence-corrected chi connectivity index (χ2v) is 6.16. The Morgan fingerprint density at radius 3 is 2.35 bits per heavy atom. The van der Waals surface area contributed by atoms with Crippen LogP contribution in [0.1, 0.15) is 18.2 Å². The van der Waals surface area contributed by atoms with E-state index in [4.69, 9.17) is 11.6 Å². The monoisotopic (exact) mass is 331 g/mol. The normalized spacial score (nSPS) is 18.9. The van der Waals surface area contributed by atoms with Gasteiger partial charge in [0, 0.05) is 35.9 Å². The molecule has 1 aliphatic heterocycles. The number of rotatable bonds is 3. The molecule has 0 radical (unpaired) electrons.